The minimum atomic E-state index is 0.579. The number of likely N-dealkylation sites (N-methyl/N-ethyl adjacent to an activating group) is 1. The lowest BCUT2D eigenvalue weighted by Crippen LogP contribution is -2.54. The predicted molar refractivity (Wildman–Crippen MR) is 387 cm³/mol. The van der Waals surface area contributed by atoms with E-state index < -0.39 is 0 Å². The number of rotatable bonds is 9. The Bertz CT molecular complexity index is 2850. The van der Waals surface area contributed by atoms with Crippen LogP contribution in [0, 0.1) is 41.5 Å². The molecular formula is C75H114N14S. The van der Waals surface area contributed by atoms with Gasteiger partial charge in [-0.3, -0.25) is 14.7 Å². The van der Waals surface area contributed by atoms with E-state index in [0.717, 1.165) is 102 Å². The monoisotopic (exact) mass is 1240 g/mol. The molecule has 0 amide bonds. The standard InChI is InChI=1S/C15H22N2.C14H20N2.C14H22N2.C13H20N2.C10H16N4.C9H14N2S/c1-13-5-7-15(8-6-13)17-11-9-16(10-12-17)14-3-2-4-14;1-12-2-4-13(5-3-12)15-8-10-16(11-9-15)14-6-7-14;1-12(2)15-8-10-16(11-9-15)14-6-4-13(3)5-7-14;1-10-4-6-13(7-5-10)15-8-11(2)14-12(3)9-15;1-9-7-11-10(12-8-9)14-5-3-13(2)4-6-14;1-8-2-3-9(12-8)11-6-4-10-5-7-11/h5-8,14H,2-4,9-12H2,1H3;2-5,14H,6-11H2,1H3;4-7,12H,8-11H2,1-3H3;4-7,11-12,14H,8-9H2,1-3H3;7-8H,3-6H2,1-2H3;2-3,10H,4-7H2,1H3. The third-order valence-electron chi connectivity index (χ3n) is 19.2. The Hall–Kier alpha value is -5.78. The number of piperazine rings is 6. The molecule has 0 bridgehead atoms. The fraction of sp³-hybridized carbons (Fsp3) is 0.573. The van der Waals surface area contributed by atoms with Crippen molar-refractivity contribution in [1.82, 2.24) is 40.2 Å². The Labute approximate surface area is 548 Å². The average molecular weight is 1240 g/mol. The van der Waals surface area contributed by atoms with Crippen LogP contribution in [0.3, 0.4) is 0 Å². The van der Waals surface area contributed by atoms with E-state index >= 15 is 0 Å². The van der Waals surface area contributed by atoms with Gasteiger partial charge in [-0.15, -0.1) is 11.3 Å². The lowest BCUT2D eigenvalue weighted by Gasteiger charge is -2.43. The van der Waals surface area contributed by atoms with Gasteiger partial charge in [-0.2, -0.15) is 0 Å². The molecule has 8 heterocycles. The highest BCUT2D eigenvalue weighted by molar-refractivity contribution is 7.16. The number of nitrogens with one attached hydrogen (secondary N) is 2. The van der Waals surface area contributed by atoms with Crippen LogP contribution in [0.15, 0.2) is 122 Å². The molecule has 14 nitrogen and oxygen atoms in total. The molecule has 15 heteroatoms. The molecule has 2 atom stereocenters. The largest absolute Gasteiger partial charge is 0.369 e. The molecule has 2 N–H and O–H groups in total. The first-order valence-corrected chi connectivity index (χ1v) is 35.4. The number of hydrogen-bond acceptors (Lipinski definition) is 15. The van der Waals surface area contributed by atoms with Crippen molar-refractivity contribution < 1.29 is 0 Å². The zero-order chi connectivity index (χ0) is 63.4. The van der Waals surface area contributed by atoms with Crippen LogP contribution >= 0.6 is 11.3 Å². The van der Waals surface area contributed by atoms with Crippen molar-refractivity contribution in [3.8, 4) is 0 Å². The second-order valence-corrected chi connectivity index (χ2v) is 28.4. The fourth-order valence-corrected chi connectivity index (χ4v) is 13.9. The third kappa shape index (κ3) is 21.7. The van der Waals surface area contributed by atoms with Crippen LogP contribution in [0.25, 0.3) is 0 Å². The number of hydrogen-bond donors (Lipinski definition) is 2. The zero-order valence-corrected chi connectivity index (χ0v) is 58.1. The second-order valence-electron chi connectivity index (χ2n) is 27.2. The predicted octanol–water partition coefficient (Wildman–Crippen LogP) is 11.7. The number of anilines is 6. The molecule has 6 saturated heterocycles. The summed E-state index contributed by atoms with van der Waals surface area (Å²) in [6.45, 7) is 47.2. The summed E-state index contributed by atoms with van der Waals surface area (Å²) in [5.41, 5.74) is 12.0. The first kappa shape index (κ1) is 68.6. The van der Waals surface area contributed by atoms with Crippen LogP contribution < -0.4 is 40.0 Å². The van der Waals surface area contributed by atoms with Gasteiger partial charge in [0.2, 0.25) is 5.95 Å². The second kappa shape index (κ2) is 34.8. The minimum Gasteiger partial charge on any atom is -0.369 e. The Morgan fingerprint density at radius 2 is 0.800 bits per heavy atom. The van der Waals surface area contributed by atoms with Gasteiger partial charge in [0.15, 0.2) is 0 Å². The Kier molecular flexibility index (Phi) is 26.5. The Morgan fingerprint density at radius 1 is 0.411 bits per heavy atom. The van der Waals surface area contributed by atoms with Gasteiger partial charge in [0.1, 0.15) is 0 Å². The summed E-state index contributed by atoms with van der Waals surface area (Å²) in [5, 5.41) is 8.33. The van der Waals surface area contributed by atoms with Crippen molar-refractivity contribution in [1.29, 1.82) is 0 Å². The van der Waals surface area contributed by atoms with Crippen LogP contribution in [0.1, 0.15) is 92.5 Å². The minimum absolute atomic E-state index is 0.579. The first-order chi connectivity index (χ1) is 43.6. The van der Waals surface area contributed by atoms with Crippen LogP contribution in [0.4, 0.5) is 33.7 Å². The molecule has 2 aromatic heterocycles. The number of thiophene rings is 1. The van der Waals surface area contributed by atoms with Crippen molar-refractivity contribution >= 4 is 45.0 Å². The van der Waals surface area contributed by atoms with Gasteiger partial charge in [-0.05, 0) is 168 Å². The number of aryl methyl sites for hydroxylation is 6. The van der Waals surface area contributed by atoms with Crippen LogP contribution in [0.2, 0.25) is 0 Å². The Morgan fingerprint density at radius 3 is 1.17 bits per heavy atom. The molecule has 6 aromatic rings. The Balaban J connectivity index is 0.000000128. The molecule has 2 aliphatic carbocycles. The van der Waals surface area contributed by atoms with E-state index in [1.165, 1.54) is 152 Å². The summed E-state index contributed by atoms with van der Waals surface area (Å²) in [6.07, 6.45) is 10.9. The van der Waals surface area contributed by atoms with Gasteiger partial charge < -0.3 is 44.9 Å². The molecule has 0 radical (unpaired) electrons. The summed E-state index contributed by atoms with van der Waals surface area (Å²) < 4.78 is 0. The van der Waals surface area contributed by atoms with Gasteiger partial charge in [0.25, 0.3) is 0 Å². The van der Waals surface area contributed by atoms with Crippen LogP contribution in [-0.4, -0.2) is 211 Å². The summed E-state index contributed by atoms with van der Waals surface area (Å²) in [4.78, 5) is 34.9. The molecule has 6 aliphatic heterocycles. The number of benzene rings is 4. The molecule has 2 unspecified atom stereocenters. The van der Waals surface area contributed by atoms with Crippen molar-refractivity contribution in [2.45, 2.75) is 132 Å². The highest BCUT2D eigenvalue weighted by atomic mass is 32.1. The van der Waals surface area contributed by atoms with Crippen molar-refractivity contribution in [2.24, 2.45) is 0 Å². The van der Waals surface area contributed by atoms with E-state index in [9.17, 15) is 0 Å². The van der Waals surface area contributed by atoms with Crippen LogP contribution in [0.5, 0.6) is 0 Å². The molecule has 90 heavy (non-hydrogen) atoms. The number of nitrogens with zero attached hydrogens (tertiary/aromatic N) is 12. The molecule has 490 valence electrons. The summed E-state index contributed by atoms with van der Waals surface area (Å²) in [6, 6.07) is 43.7. The first-order valence-electron chi connectivity index (χ1n) is 34.6. The van der Waals surface area contributed by atoms with Crippen molar-refractivity contribution in [3.63, 3.8) is 0 Å². The van der Waals surface area contributed by atoms with E-state index in [4.69, 9.17) is 0 Å². The van der Waals surface area contributed by atoms with Gasteiger partial charge in [0, 0.05) is 214 Å². The molecule has 2 saturated carbocycles. The maximum atomic E-state index is 4.32. The van der Waals surface area contributed by atoms with Gasteiger partial charge >= 0.3 is 0 Å². The lowest BCUT2D eigenvalue weighted by atomic mass is 9.91. The summed E-state index contributed by atoms with van der Waals surface area (Å²) in [7, 11) is 2.15. The molecular weight excluding hydrogens is 1130 g/mol. The maximum absolute atomic E-state index is 4.32. The van der Waals surface area contributed by atoms with E-state index in [2.05, 4.69) is 248 Å². The molecule has 8 aliphatic rings. The van der Waals surface area contributed by atoms with Gasteiger partial charge in [-0.25, -0.2) is 9.97 Å². The quantitative estimate of drug-likeness (QED) is 0.144. The van der Waals surface area contributed by atoms with Crippen molar-refractivity contribution in [2.75, 3.05) is 180 Å². The summed E-state index contributed by atoms with van der Waals surface area (Å²) >= 11 is 1.89. The third-order valence-corrected chi connectivity index (χ3v) is 20.3. The lowest BCUT2D eigenvalue weighted by molar-refractivity contribution is 0.120. The number of aromatic nitrogens is 2. The molecule has 0 spiro atoms. The topological polar surface area (TPSA) is 82.2 Å². The van der Waals surface area contributed by atoms with E-state index in [0.29, 0.717) is 18.1 Å². The maximum Gasteiger partial charge on any atom is 0.225 e. The fourth-order valence-electron chi connectivity index (χ4n) is 13.0. The zero-order valence-electron chi connectivity index (χ0n) is 57.3. The normalized spacial score (nSPS) is 21.2. The summed E-state index contributed by atoms with van der Waals surface area (Å²) in [5.74, 6) is 0.865. The van der Waals surface area contributed by atoms with E-state index in [1.807, 2.05) is 30.7 Å². The molecule has 14 rings (SSSR count). The van der Waals surface area contributed by atoms with E-state index in [1.54, 1.807) is 0 Å². The van der Waals surface area contributed by atoms with Gasteiger partial charge in [-0.1, -0.05) is 77.2 Å². The highest BCUT2D eigenvalue weighted by Gasteiger charge is 2.32. The average Bonchev–Trinajstić information content (AvgIpc) is 3.49. The van der Waals surface area contributed by atoms with Crippen LogP contribution in [-0.2, 0) is 0 Å². The SMILES string of the molecule is Cc1ccc(N2CC(C)NC(C)C2)cc1.Cc1ccc(N2CCN(C(C)C)CC2)cc1.Cc1ccc(N2CCN(C3CC3)CC2)cc1.Cc1ccc(N2CCN(C3CCC3)CC2)cc1.Cc1ccc(N2CCNCC2)s1.Cc1cnc(N2CCN(C)CC2)nc1. The molecule has 4 aromatic carbocycles. The smallest absolute Gasteiger partial charge is 0.225 e. The molecule has 8 fully saturated rings. The van der Waals surface area contributed by atoms with E-state index in [-0.39, 0.29) is 0 Å². The highest BCUT2D eigenvalue weighted by Crippen LogP contribution is 2.30. The van der Waals surface area contributed by atoms with Gasteiger partial charge in [0.05, 0.1) is 5.00 Å². The van der Waals surface area contributed by atoms with Crippen molar-refractivity contribution in [3.05, 3.63) is 154 Å².